The summed E-state index contributed by atoms with van der Waals surface area (Å²) in [4.78, 5) is 10.4. The zero-order valence-corrected chi connectivity index (χ0v) is 9.31. The molecule has 1 unspecified atom stereocenters. The first-order valence-electron chi connectivity index (χ1n) is 5.25. The topological polar surface area (TPSA) is 83.5 Å². The third-order valence-corrected chi connectivity index (χ3v) is 2.45. The fourth-order valence-corrected chi connectivity index (χ4v) is 1.57. The Hall–Kier alpha value is -1.55. The first-order chi connectivity index (χ1) is 7.49. The molecule has 4 nitrogen and oxygen atoms in total. The highest BCUT2D eigenvalue weighted by atomic mass is 16.4. The lowest BCUT2D eigenvalue weighted by Gasteiger charge is -2.12. The summed E-state index contributed by atoms with van der Waals surface area (Å²) in [6.45, 7) is 1.94. The number of nitrogens with two attached hydrogens (primary N) is 1. The largest absolute Gasteiger partial charge is 0.508 e. The summed E-state index contributed by atoms with van der Waals surface area (Å²) < 4.78 is 0. The lowest BCUT2D eigenvalue weighted by atomic mass is 10.0. The van der Waals surface area contributed by atoms with E-state index in [2.05, 4.69) is 0 Å². The van der Waals surface area contributed by atoms with Crippen LogP contribution in [0.3, 0.4) is 0 Å². The predicted octanol–water partition coefficient (Wildman–Crippen LogP) is 1.44. The van der Waals surface area contributed by atoms with E-state index in [1.807, 2.05) is 19.1 Å². The van der Waals surface area contributed by atoms with Gasteiger partial charge in [0, 0.05) is 12.5 Å². The summed E-state index contributed by atoms with van der Waals surface area (Å²) in [5.41, 5.74) is 7.63. The number of phenols is 1. The van der Waals surface area contributed by atoms with Gasteiger partial charge in [0.05, 0.1) is 0 Å². The Morgan fingerprint density at radius 3 is 2.81 bits per heavy atom. The van der Waals surface area contributed by atoms with E-state index < -0.39 is 5.97 Å². The molecule has 1 aromatic carbocycles. The monoisotopic (exact) mass is 223 g/mol. The highest BCUT2D eigenvalue weighted by molar-refractivity contribution is 5.66. The molecule has 1 rings (SSSR count). The number of hydrogen-bond donors (Lipinski definition) is 3. The Kier molecular flexibility index (Phi) is 4.31. The molecule has 0 saturated carbocycles. The highest BCUT2D eigenvalue weighted by Gasteiger charge is 2.09. The number of carbonyl (C=O) groups is 1. The molecular weight excluding hydrogens is 206 g/mol. The molecule has 0 radical (unpaired) electrons. The molecule has 0 aliphatic rings. The van der Waals surface area contributed by atoms with Crippen LogP contribution in [0, 0.1) is 6.92 Å². The van der Waals surface area contributed by atoms with Gasteiger partial charge in [-0.05, 0) is 31.4 Å². The van der Waals surface area contributed by atoms with E-state index in [9.17, 15) is 9.90 Å². The van der Waals surface area contributed by atoms with Gasteiger partial charge < -0.3 is 15.9 Å². The van der Waals surface area contributed by atoms with Crippen molar-refractivity contribution in [2.24, 2.45) is 5.73 Å². The second-order valence-electron chi connectivity index (χ2n) is 4.03. The molecule has 1 atom stereocenters. The quantitative estimate of drug-likeness (QED) is 0.705. The number of aliphatic carboxylic acids is 1. The molecule has 0 aliphatic carbocycles. The number of hydrogen-bond acceptors (Lipinski definition) is 3. The van der Waals surface area contributed by atoms with Gasteiger partial charge in [0.15, 0.2) is 0 Å². The molecule has 4 N–H and O–H groups in total. The Bertz CT molecular complexity index is 377. The van der Waals surface area contributed by atoms with Gasteiger partial charge >= 0.3 is 5.97 Å². The molecule has 1 aromatic rings. The maximum atomic E-state index is 10.4. The second-order valence-corrected chi connectivity index (χ2v) is 4.03. The van der Waals surface area contributed by atoms with Crippen molar-refractivity contribution in [2.45, 2.75) is 32.2 Å². The Labute approximate surface area is 94.7 Å². The molecule has 0 bridgehead atoms. The average Bonchev–Trinajstić information content (AvgIpc) is 2.20. The second kappa shape index (κ2) is 5.51. The first kappa shape index (κ1) is 12.5. The van der Waals surface area contributed by atoms with Gasteiger partial charge in [0.25, 0.3) is 0 Å². The molecule has 0 amide bonds. The van der Waals surface area contributed by atoms with Gasteiger partial charge in [-0.2, -0.15) is 0 Å². The molecule has 0 aliphatic heterocycles. The van der Waals surface area contributed by atoms with Gasteiger partial charge in [-0.1, -0.05) is 17.7 Å². The van der Waals surface area contributed by atoms with Crippen molar-refractivity contribution in [3.05, 3.63) is 29.3 Å². The van der Waals surface area contributed by atoms with E-state index >= 15 is 0 Å². The number of carboxylic acid groups (broad SMARTS) is 1. The summed E-state index contributed by atoms with van der Waals surface area (Å²) in [6, 6.07) is 5.09. The molecule has 4 heteroatoms. The van der Waals surface area contributed by atoms with E-state index in [-0.39, 0.29) is 18.2 Å². The van der Waals surface area contributed by atoms with Crippen molar-refractivity contribution in [3.8, 4) is 5.75 Å². The maximum absolute atomic E-state index is 10.4. The fraction of sp³-hybridized carbons (Fsp3) is 0.417. The van der Waals surface area contributed by atoms with Crippen LogP contribution in [0.1, 0.15) is 24.0 Å². The third kappa shape index (κ3) is 3.90. The van der Waals surface area contributed by atoms with Crippen molar-refractivity contribution in [1.82, 2.24) is 0 Å². The van der Waals surface area contributed by atoms with Crippen molar-refractivity contribution in [3.63, 3.8) is 0 Å². The zero-order valence-electron chi connectivity index (χ0n) is 9.31. The lowest BCUT2D eigenvalue weighted by molar-refractivity contribution is -0.137. The molecule has 0 spiro atoms. The van der Waals surface area contributed by atoms with Crippen molar-refractivity contribution in [1.29, 1.82) is 0 Å². The standard InChI is InChI=1S/C12H17NO3/c1-8-2-4-11(14)9(6-8)7-10(13)3-5-12(15)16/h2,4,6,10,14H,3,5,7,13H2,1H3,(H,15,16). The number of rotatable bonds is 5. The SMILES string of the molecule is Cc1ccc(O)c(CC(N)CCC(=O)O)c1. The number of benzene rings is 1. The lowest BCUT2D eigenvalue weighted by Crippen LogP contribution is -2.23. The van der Waals surface area contributed by atoms with Gasteiger partial charge in [-0.3, -0.25) is 4.79 Å². The number of carboxylic acids is 1. The summed E-state index contributed by atoms with van der Waals surface area (Å²) in [5, 5.41) is 18.1. The van der Waals surface area contributed by atoms with Crippen LogP contribution in [0.2, 0.25) is 0 Å². The van der Waals surface area contributed by atoms with E-state index in [0.29, 0.717) is 12.8 Å². The van der Waals surface area contributed by atoms with E-state index in [4.69, 9.17) is 10.8 Å². The van der Waals surface area contributed by atoms with Crippen molar-refractivity contribution < 1.29 is 15.0 Å². The van der Waals surface area contributed by atoms with Crippen LogP contribution in [0.15, 0.2) is 18.2 Å². The maximum Gasteiger partial charge on any atom is 0.303 e. The van der Waals surface area contributed by atoms with Crippen LogP contribution in [-0.4, -0.2) is 22.2 Å². The minimum absolute atomic E-state index is 0.0632. The minimum atomic E-state index is -0.844. The molecule has 0 aromatic heterocycles. The number of phenolic OH excluding ortho intramolecular Hbond substituents is 1. The van der Waals surface area contributed by atoms with E-state index in [1.54, 1.807) is 6.07 Å². The first-order valence-corrected chi connectivity index (χ1v) is 5.25. The fourth-order valence-electron chi connectivity index (χ4n) is 1.57. The average molecular weight is 223 g/mol. The summed E-state index contributed by atoms with van der Waals surface area (Å²) in [7, 11) is 0. The molecule has 0 heterocycles. The van der Waals surface area contributed by atoms with Crippen LogP contribution < -0.4 is 5.73 Å². The van der Waals surface area contributed by atoms with Gasteiger partial charge in [-0.25, -0.2) is 0 Å². The predicted molar refractivity (Wildman–Crippen MR) is 61.4 cm³/mol. The minimum Gasteiger partial charge on any atom is -0.508 e. The third-order valence-electron chi connectivity index (χ3n) is 2.45. The molecule has 0 fully saturated rings. The molecular formula is C12H17NO3. The van der Waals surface area contributed by atoms with Crippen LogP contribution in [-0.2, 0) is 11.2 Å². The Balaban J connectivity index is 2.58. The van der Waals surface area contributed by atoms with E-state index in [0.717, 1.165) is 11.1 Å². The van der Waals surface area contributed by atoms with Crippen LogP contribution in [0.25, 0.3) is 0 Å². The van der Waals surface area contributed by atoms with Crippen molar-refractivity contribution >= 4 is 5.97 Å². The van der Waals surface area contributed by atoms with Gasteiger partial charge in [0.2, 0.25) is 0 Å². The van der Waals surface area contributed by atoms with Crippen LogP contribution in [0.5, 0.6) is 5.75 Å². The van der Waals surface area contributed by atoms with Gasteiger partial charge in [0.1, 0.15) is 5.75 Å². The molecule has 88 valence electrons. The smallest absolute Gasteiger partial charge is 0.303 e. The zero-order chi connectivity index (χ0) is 12.1. The Morgan fingerprint density at radius 1 is 1.50 bits per heavy atom. The van der Waals surface area contributed by atoms with E-state index in [1.165, 1.54) is 0 Å². The van der Waals surface area contributed by atoms with Gasteiger partial charge in [-0.15, -0.1) is 0 Å². The van der Waals surface area contributed by atoms with Crippen LogP contribution in [0.4, 0.5) is 0 Å². The molecule has 0 saturated heterocycles. The summed E-state index contributed by atoms with van der Waals surface area (Å²) in [5.74, 6) is -0.625. The van der Waals surface area contributed by atoms with Crippen molar-refractivity contribution in [2.75, 3.05) is 0 Å². The summed E-state index contributed by atoms with van der Waals surface area (Å²) in [6.07, 6.45) is 0.983. The number of aryl methyl sites for hydroxylation is 1. The Morgan fingerprint density at radius 2 is 2.19 bits per heavy atom. The highest BCUT2D eigenvalue weighted by Crippen LogP contribution is 2.20. The summed E-state index contributed by atoms with van der Waals surface area (Å²) >= 11 is 0. The van der Waals surface area contributed by atoms with Crippen LogP contribution >= 0.6 is 0 Å². The number of aromatic hydroxyl groups is 1. The molecule has 16 heavy (non-hydrogen) atoms. The normalized spacial score (nSPS) is 12.4.